The van der Waals surface area contributed by atoms with E-state index >= 15 is 0 Å². The molecular weight excluding hydrogens is 236 g/mol. The molecule has 0 fully saturated rings. The zero-order valence-corrected chi connectivity index (χ0v) is 13.0. The van der Waals surface area contributed by atoms with Crippen LogP contribution in [-0.2, 0) is 4.74 Å². The lowest BCUT2D eigenvalue weighted by atomic mass is 9.94. The van der Waals surface area contributed by atoms with Crippen LogP contribution in [0, 0.1) is 20.8 Å². The van der Waals surface area contributed by atoms with E-state index in [1.54, 1.807) is 0 Å². The Morgan fingerprint density at radius 1 is 1.21 bits per heavy atom. The zero-order valence-electron chi connectivity index (χ0n) is 13.0. The van der Waals surface area contributed by atoms with E-state index < -0.39 is 0 Å². The van der Waals surface area contributed by atoms with Crippen molar-refractivity contribution in [2.75, 3.05) is 33.4 Å². The van der Waals surface area contributed by atoms with Gasteiger partial charge in [0.1, 0.15) is 0 Å². The van der Waals surface area contributed by atoms with Crippen molar-refractivity contribution >= 4 is 0 Å². The van der Waals surface area contributed by atoms with E-state index in [0.717, 1.165) is 26.3 Å². The van der Waals surface area contributed by atoms with Gasteiger partial charge in [0.15, 0.2) is 0 Å². The molecule has 1 unspecified atom stereocenters. The van der Waals surface area contributed by atoms with Crippen molar-refractivity contribution in [3.8, 4) is 0 Å². The van der Waals surface area contributed by atoms with Gasteiger partial charge in [-0.05, 0) is 51.4 Å². The molecular formula is C16H28N2O. The molecule has 0 saturated carbocycles. The maximum Gasteiger partial charge on any atom is 0.0593 e. The number of ether oxygens (including phenoxy) is 1. The number of rotatable bonds is 7. The van der Waals surface area contributed by atoms with Crippen molar-refractivity contribution < 1.29 is 4.74 Å². The first kappa shape index (κ1) is 16.2. The van der Waals surface area contributed by atoms with Crippen molar-refractivity contribution in [3.05, 3.63) is 34.4 Å². The molecule has 0 aliphatic carbocycles. The van der Waals surface area contributed by atoms with Crippen molar-refractivity contribution in [1.82, 2.24) is 4.90 Å². The molecule has 0 spiro atoms. The van der Waals surface area contributed by atoms with Crippen LogP contribution < -0.4 is 5.73 Å². The van der Waals surface area contributed by atoms with Crippen LogP contribution in [0.5, 0.6) is 0 Å². The van der Waals surface area contributed by atoms with E-state index in [1.807, 2.05) is 6.92 Å². The van der Waals surface area contributed by atoms with Crippen molar-refractivity contribution in [3.63, 3.8) is 0 Å². The molecule has 0 radical (unpaired) electrons. The van der Waals surface area contributed by atoms with Crippen molar-refractivity contribution in [2.24, 2.45) is 5.73 Å². The Kier molecular flexibility index (Phi) is 6.49. The quantitative estimate of drug-likeness (QED) is 0.769. The largest absolute Gasteiger partial charge is 0.380 e. The summed E-state index contributed by atoms with van der Waals surface area (Å²) in [5.74, 6) is 0. The molecule has 0 heterocycles. The molecule has 19 heavy (non-hydrogen) atoms. The number of likely N-dealkylation sites (N-methyl/N-ethyl adjacent to an activating group) is 1. The van der Waals surface area contributed by atoms with E-state index in [0.29, 0.717) is 0 Å². The summed E-state index contributed by atoms with van der Waals surface area (Å²) in [5.41, 5.74) is 11.5. The third-order valence-electron chi connectivity index (χ3n) is 3.44. The standard InChI is InChI=1S/C16H28N2O/c1-6-19-8-7-18(5)11-15(17)16-13(3)9-12(2)10-14(16)4/h9-10,15H,6-8,11,17H2,1-5H3. The SMILES string of the molecule is CCOCCN(C)CC(N)c1c(C)cc(C)cc1C. The molecule has 3 nitrogen and oxygen atoms in total. The van der Waals surface area contributed by atoms with Gasteiger partial charge in [-0.3, -0.25) is 0 Å². The fourth-order valence-electron chi connectivity index (χ4n) is 2.66. The van der Waals surface area contributed by atoms with Gasteiger partial charge in [-0.25, -0.2) is 0 Å². The predicted molar refractivity (Wildman–Crippen MR) is 81.6 cm³/mol. The van der Waals surface area contributed by atoms with E-state index in [-0.39, 0.29) is 6.04 Å². The number of aryl methyl sites for hydroxylation is 3. The van der Waals surface area contributed by atoms with Crippen LogP contribution in [0.25, 0.3) is 0 Å². The highest BCUT2D eigenvalue weighted by molar-refractivity contribution is 5.39. The Labute approximate surface area is 117 Å². The predicted octanol–water partition coefficient (Wildman–Crippen LogP) is 2.58. The highest BCUT2D eigenvalue weighted by atomic mass is 16.5. The topological polar surface area (TPSA) is 38.5 Å². The van der Waals surface area contributed by atoms with E-state index in [2.05, 4.69) is 44.9 Å². The van der Waals surface area contributed by atoms with Crippen molar-refractivity contribution in [1.29, 1.82) is 0 Å². The van der Waals surface area contributed by atoms with Gasteiger partial charge in [-0.15, -0.1) is 0 Å². The summed E-state index contributed by atoms with van der Waals surface area (Å²) in [6.45, 7) is 11.8. The van der Waals surface area contributed by atoms with Crippen LogP contribution in [-0.4, -0.2) is 38.3 Å². The summed E-state index contributed by atoms with van der Waals surface area (Å²) in [6, 6.07) is 4.48. The number of benzene rings is 1. The Bertz CT molecular complexity index is 381. The molecule has 0 amide bonds. The summed E-state index contributed by atoms with van der Waals surface area (Å²) in [7, 11) is 2.09. The first-order valence-corrected chi connectivity index (χ1v) is 7.05. The maximum absolute atomic E-state index is 6.37. The van der Waals surface area contributed by atoms with Gasteiger partial charge in [-0.1, -0.05) is 17.7 Å². The lowest BCUT2D eigenvalue weighted by Gasteiger charge is -2.24. The minimum atomic E-state index is 0.0622. The van der Waals surface area contributed by atoms with Gasteiger partial charge in [-0.2, -0.15) is 0 Å². The van der Waals surface area contributed by atoms with Gasteiger partial charge in [0.2, 0.25) is 0 Å². The summed E-state index contributed by atoms with van der Waals surface area (Å²) < 4.78 is 5.37. The van der Waals surface area contributed by atoms with Crippen LogP contribution in [0.3, 0.4) is 0 Å². The third-order valence-corrected chi connectivity index (χ3v) is 3.44. The molecule has 0 aliphatic heterocycles. The van der Waals surface area contributed by atoms with E-state index in [4.69, 9.17) is 10.5 Å². The average Bonchev–Trinajstić information content (AvgIpc) is 2.27. The first-order valence-electron chi connectivity index (χ1n) is 7.05. The summed E-state index contributed by atoms with van der Waals surface area (Å²) in [4.78, 5) is 2.24. The number of hydrogen-bond donors (Lipinski definition) is 1. The zero-order chi connectivity index (χ0) is 14.4. The average molecular weight is 264 g/mol. The van der Waals surface area contributed by atoms with Crippen LogP contribution in [0.4, 0.5) is 0 Å². The summed E-state index contributed by atoms with van der Waals surface area (Å²) >= 11 is 0. The highest BCUT2D eigenvalue weighted by Crippen LogP contribution is 2.22. The van der Waals surface area contributed by atoms with Crippen LogP contribution >= 0.6 is 0 Å². The monoisotopic (exact) mass is 264 g/mol. The minimum Gasteiger partial charge on any atom is -0.380 e. The maximum atomic E-state index is 6.37. The number of nitrogens with two attached hydrogens (primary N) is 1. The Hall–Kier alpha value is -0.900. The molecule has 0 aliphatic rings. The smallest absolute Gasteiger partial charge is 0.0593 e. The lowest BCUT2D eigenvalue weighted by Crippen LogP contribution is -2.32. The van der Waals surface area contributed by atoms with E-state index in [9.17, 15) is 0 Å². The molecule has 1 atom stereocenters. The number of hydrogen-bond acceptors (Lipinski definition) is 3. The second kappa shape index (κ2) is 7.63. The second-order valence-corrected chi connectivity index (χ2v) is 5.38. The molecule has 0 aromatic heterocycles. The van der Waals surface area contributed by atoms with Gasteiger partial charge < -0.3 is 15.4 Å². The Morgan fingerprint density at radius 3 is 2.32 bits per heavy atom. The first-order chi connectivity index (χ1) is 8.95. The molecule has 0 saturated heterocycles. The number of nitrogens with zero attached hydrogens (tertiary/aromatic N) is 1. The summed E-state index contributed by atoms with van der Waals surface area (Å²) in [5, 5.41) is 0. The molecule has 2 N–H and O–H groups in total. The van der Waals surface area contributed by atoms with Gasteiger partial charge in [0, 0.05) is 25.7 Å². The van der Waals surface area contributed by atoms with Gasteiger partial charge in [0.25, 0.3) is 0 Å². The Morgan fingerprint density at radius 2 is 1.79 bits per heavy atom. The highest BCUT2D eigenvalue weighted by Gasteiger charge is 2.14. The van der Waals surface area contributed by atoms with Crippen LogP contribution in [0.15, 0.2) is 12.1 Å². The van der Waals surface area contributed by atoms with Gasteiger partial charge in [0.05, 0.1) is 6.61 Å². The van der Waals surface area contributed by atoms with Gasteiger partial charge >= 0.3 is 0 Å². The minimum absolute atomic E-state index is 0.0622. The van der Waals surface area contributed by atoms with E-state index in [1.165, 1.54) is 22.3 Å². The molecule has 1 aromatic carbocycles. The fourth-order valence-corrected chi connectivity index (χ4v) is 2.66. The lowest BCUT2D eigenvalue weighted by molar-refractivity contribution is 0.120. The Balaban J connectivity index is 2.65. The summed E-state index contributed by atoms with van der Waals surface area (Å²) in [6.07, 6.45) is 0. The van der Waals surface area contributed by atoms with Crippen molar-refractivity contribution in [2.45, 2.75) is 33.7 Å². The third kappa shape index (κ3) is 4.94. The fraction of sp³-hybridized carbons (Fsp3) is 0.625. The molecule has 3 heteroatoms. The molecule has 108 valence electrons. The normalized spacial score (nSPS) is 13.0. The molecule has 1 rings (SSSR count). The second-order valence-electron chi connectivity index (χ2n) is 5.38. The molecule has 1 aromatic rings. The molecule has 0 bridgehead atoms. The van der Waals surface area contributed by atoms with Crippen LogP contribution in [0.2, 0.25) is 0 Å². The van der Waals surface area contributed by atoms with Crippen LogP contribution in [0.1, 0.15) is 35.2 Å².